The number of hydrogen-bond donors (Lipinski definition) is 0. The normalized spacial score (nSPS) is 13.5. The molecule has 0 radical (unpaired) electrons. The lowest BCUT2D eigenvalue weighted by Gasteiger charge is -2.18. The number of carbonyl (C=O) groups is 3. The van der Waals surface area contributed by atoms with Gasteiger partial charge in [0, 0.05) is 19.3 Å². The average molecular weight is 1080 g/mol. The number of esters is 3. The lowest BCUT2D eigenvalue weighted by molar-refractivity contribution is -0.167. The highest BCUT2D eigenvalue weighted by atomic mass is 16.6. The first kappa shape index (κ1) is 73.2. The van der Waals surface area contributed by atoms with E-state index in [0.717, 1.165) is 173 Å². The zero-order valence-electron chi connectivity index (χ0n) is 50.0. The van der Waals surface area contributed by atoms with Gasteiger partial charge in [-0.3, -0.25) is 14.4 Å². The van der Waals surface area contributed by atoms with Crippen molar-refractivity contribution in [2.45, 2.75) is 232 Å². The van der Waals surface area contributed by atoms with Gasteiger partial charge in [0.1, 0.15) is 13.2 Å². The number of carbonyl (C=O) groups excluding carboxylic acids is 3. The molecule has 0 aromatic rings. The minimum atomic E-state index is -0.840. The summed E-state index contributed by atoms with van der Waals surface area (Å²) in [6.45, 7) is 6.23. The summed E-state index contributed by atoms with van der Waals surface area (Å²) in [5.41, 5.74) is 0. The predicted octanol–water partition coefficient (Wildman–Crippen LogP) is 21.4. The first-order valence-electron chi connectivity index (χ1n) is 30.9. The molecule has 0 rings (SSSR count). The van der Waals surface area contributed by atoms with Crippen LogP contribution in [-0.4, -0.2) is 37.2 Å². The second-order valence-electron chi connectivity index (χ2n) is 19.5. The van der Waals surface area contributed by atoms with Gasteiger partial charge in [-0.1, -0.05) is 247 Å². The van der Waals surface area contributed by atoms with Gasteiger partial charge >= 0.3 is 17.9 Å². The third-order valence-electron chi connectivity index (χ3n) is 12.0. The summed E-state index contributed by atoms with van der Waals surface area (Å²) in [7, 11) is 0. The molecule has 0 aliphatic carbocycles. The molecule has 0 aliphatic rings. The highest BCUT2D eigenvalue weighted by Crippen LogP contribution is 2.12. The maximum atomic E-state index is 12.9. The molecule has 79 heavy (non-hydrogen) atoms. The third-order valence-corrected chi connectivity index (χ3v) is 12.0. The molecule has 0 heterocycles. The summed E-state index contributed by atoms with van der Waals surface area (Å²) in [5, 5.41) is 0. The Morgan fingerprint density at radius 2 is 0.506 bits per heavy atom. The lowest BCUT2D eigenvalue weighted by Crippen LogP contribution is -2.30. The van der Waals surface area contributed by atoms with Gasteiger partial charge in [0.15, 0.2) is 6.10 Å². The molecule has 6 heteroatoms. The maximum Gasteiger partial charge on any atom is 0.306 e. The second kappa shape index (κ2) is 64.8. The smallest absolute Gasteiger partial charge is 0.306 e. The molecule has 0 saturated carbocycles. The van der Waals surface area contributed by atoms with E-state index in [1.54, 1.807) is 0 Å². The number of ether oxygens (including phenoxy) is 3. The van der Waals surface area contributed by atoms with Gasteiger partial charge in [0.2, 0.25) is 0 Å². The monoisotopic (exact) mass is 1080 g/mol. The summed E-state index contributed by atoms with van der Waals surface area (Å²) in [4.78, 5) is 38.2. The van der Waals surface area contributed by atoms with Crippen LogP contribution in [0.15, 0.2) is 194 Å². The van der Waals surface area contributed by atoms with E-state index in [2.05, 4.69) is 215 Å². The predicted molar refractivity (Wildman–Crippen MR) is 343 cm³/mol. The van der Waals surface area contributed by atoms with E-state index < -0.39 is 6.10 Å². The van der Waals surface area contributed by atoms with Crippen LogP contribution in [0.4, 0.5) is 0 Å². The fraction of sp³-hybridized carbons (Fsp3) is 0.521. The van der Waals surface area contributed by atoms with Crippen molar-refractivity contribution in [3.8, 4) is 0 Å². The van der Waals surface area contributed by atoms with Crippen molar-refractivity contribution in [1.29, 1.82) is 0 Å². The van der Waals surface area contributed by atoms with Gasteiger partial charge in [-0.05, 0) is 154 Å². The van der Waals surface area contributed by atoms with Crippen molar-refractivity contribution in [2.24, 2.45) is 0 Å². The van der Waals surface area contributed by atoms with Crippen LogP contribution in [0, 0.1) is 0 Å². The summed E-state index contributed by atoms with van der Waals surface area (Å²) in [6.07, 6.45) is 98.7. The Bertz CT molecular complexity index is 1920. The van der Waals surface area contributed by atoms with Crippen LogP contribution in [0.2, 0.25) is 0 Å². The summed E-state index contributed by atoms with van der Waals surface area (Å²) < 4.78 is 16.8. The number of unbranched alkanes of at least 4 members (excludes halogenated alkanes) is 10. The van der Waals surface area contributed by atoms with E-state index in [4.69, 9.17) is 14.2 Å². The Hall–Kier alpha value is -5.75. The van der Waals surface area contributed by atoms with Crippen LogP contribution in [-0.2, 0) is 28.6 Å². The van der Waals surface area contributed by atoms with Crippen LogP contribution in [0.3, 0.4) is 0 Å². The second-order valence-corrected chi connectivity index (χ2v) is 19.5. The quantitative estimate of drug-likeness (QED) is 0.0261. The largest absolute Gasteiger partial charge is 0.462 e. The minimum Gasteiger partial charge on any atom is -0.462 e. The summed E-state index contributed by atoms with van der Waals surface area (Å²) in [5.74, 6) is -1.05. The Morgan fingerprint density at radius 1 is 0.266 bits per heavy atom. The summed E-state index contributed by atoms with van der Waals surface area (Å²) in [6, 6.07) is 0. The first-order valence-corrected chi connectivity index (χ1v) is 30.9. The van der Waals surface area contributed by atoms with Crippen LogP contribution >= 0.6 is 0 Å². The molecule has 0 fully saturated rings. The van der Waals surface area contributed by atoms with Crippen molar-refractivity contribution in [2.75, 3.05) is 13.2 Å². The van der Waals surface area contributed by atoms with Crippen LogP contribution in [0.1, 0.15) is 226 Å². The molecule has 1 unspecified atom stereocenters. The molecule has 1 atom stereocenters. The van der Waals surface area contributed by atoms with Gasteiger partial charge in [-0.2, -0.15) is 0 Å². The molecule has 0 aromatic carbocycles. The Labute approximate surface area is 484 Å². The molecule has 6 nitrogen and oxygen atoms in total. The molecule has 0 aromatic heterocycles. The van der Waals surface area contributed by atoms with Crippen LogP contribution < -0.4 is 0 Å². The number of hydrogen-bond acceptors (Lipinski definition) is 6. The number of allylic oxidation sites excluding steroid dienone is 32. The van der Waals surface area contributed by atoms with E-state index >= 15 is 0 Å². The topological polar surface area (TPSA) is 78.9 Å². The maximum absolute atomic E-state index is 12.9. The van der Waals surface area contributed by atoms with Gasteiger partial charge in [0.05, 0.1) is 0 Å². The van der Waals surface area contributed by atoms with Crippen molar-refractivity contribution < 1.29 is 28.6 Å². The van der Waals surface area contributed by atoms with Crippen molar-refractivity contribution in [1.82, 2.24) is 0 Å². The Balaban J connectivity index is 4.49. The Kier molecular flexibility index (Phi) is 60.1. The van der Waals surface area contributed by atoms with E-state index in [-0.39, 0.29) is 37.5 Å². The van der Waals surface area contributed by atoms with Gasteiger partial charge in [-0.25, -0.2) is 0 Å². The van der Waals surface area contributed by atoms with E-state index in [0.29, 0.717) is 19.3 Å². The van der Waals surface area contributed by atoms with E-state index in [1.807, 2.05) is 0 Å². The molecular weight excluding hydrogens is 973 g/mol. The zero-order chi connectivity index (χ0) is 57.1. The molecule has 438 valence electrons. The molecule has 0 spiro atoms. The van der Waals surface area contributed by atoms with Crippen LogP contribution in [0.5, 0.6) is 0 Å². The molecule has 0 aliphatic heterocycles. The highest BCUT2D eigenvalue weighted by molar-refractivity contribution is 5.71. The highest BCUT2D eigenvalue weighted by Gasteiger charge is 2.19. The minimum absolute atomic E-state index is 0.129. The fourth-order valence-corrected chi connectivity index (χ4v) is 7.51. The Morgan fingerprint density at radius 3 is 0.823 bits per heavy atom. The van der Waals surface area contributed by atoms with Gasteiger partial charge in [-0.15, -0.1) is 0 Å². The van der Waals surface area contributed by atoms with Gasteiger partial charge in [0.25, 0.3) is 0 Å². The fourth-order valence-electron chi connectivity index (χ4n) is 7.51. The number of rotatable bonds is 53. The third kappa shape index (κ3) is 63.0. The van der Waals surface area contributed by atoms with E-state index in [1.165, 1.54) is 6.42 Å². The van der Waals surface area contributed by atoms with Crippen LogP contribution in [0.25, 0.3) is 0 Å². The molecular formula is C73H110O6. The molecule has 0 bridgehead atoms. The van der Waals surface area contributed by atoms with Crippen molar-refractivity contribution in [3.05, 3.63) is 194 Å². The van der Waals surface area contributed by atoms with Crippen molar-refractivity contribution in [3.63, 3.8) is 0 Å². The van der Waals surface area contributed by atoms with Gasteiger partial charge < -0.3 is 14.2 Å². The summed E-state index contributed by atoms with van der Waals surface area (Å²) >= 11 is 0. The molecule has 0 saturated heterocycles. The molecule has 0 amide bonds. The van der Waals surface area contributed by atoms with E-state index in [9.17, 15) is 14.4 Å². The lowest BCUT2D eigenvalue weighted by atomic mass is 10.1. The average Bonchev–Trinajstić information content (AvgIpc) is 3.45. The standard InChI is InChI=1S/C73H110O6/c1-4-7-10-13-16-19-22-25-27-29-30-31-32-33-34-35-36-37-38-39-40-41-42-44-45-48-51-54-57-60-63-66-72(75)78-69-70(68-77-71(74)65-62-59-56-53-50-47-24-21-18-15-12-9-6-3)79-73(76)67-64-61-58-55-52-49-46-43-28-26-23-20-17-14-11-8-5-2/h7-8,10-12,15-17,19-21,24-28,30-31,33-34,36-37,39-40,42,44,46,48-49,51,55,58,70H,4-6,9,13-14,18,22-23,29,32,35,38,41,43,45,47,50,52-54,56-57,59-69H2,1-3H3/b10-7-,11-8-,15-12-,19-16-,20-17-,24-21-,27-25-,28-26-,31-30-,34-33-,37-36-,40-39-,44-42-,49-46-,51-48-,58-55-. The van der Waals surface area contributed by atoms with Crippen molar-refractivity contribution >= 4 is 17.9 Å². The molecule has 0 N–H and O–H groups in total. The zero-order valence-corrected chi connectivity index (χ0v) is 50.0. The first-order chi connectivity index (χ1) is 39.0. The SMILES string of the molecule is CC/C=C\C/C=C\C/C=C\C/C=C\C/C=C\C/C=C\C/C=C\C/C=C\C/C=C\CCCCCC(=O)OCC(COC(=O)CCCCCCC/C=C\C/C=C\CCC)OC(=O)CCC/C=C\C/C=C\C/C=C\C/C=C\C/C=C\CC.